The van der Waals surface area contributed by atoms with E-state index in [9.17, 15) is 4.79 Å². The molecule has 2 rings (SSSR count). The molecule has 2 aliphatic heterocycles. The molecule has 6 heteroatoms. The minimum atomic E-state index is -0.205. The maximum absolute atomic E-state index is 12.2. The highest BCUT2D eigenvalue weighted by atomic mass is 16.5. The number of hydrogen-bond donors (Lipinski definition) is 2. The number of nitrogens with one attached hydrogen (secondary N) is 2. The molecule has 2 unspecified atom stereocenters. The van der Waals surface area contributed by atoms with E-state index in [1.807, 2.05) is 0 Å². The van der Waals surface area contributed by atoms with Gasteiger partial charge in [-0.3, -0.25) is 9.69 Å². The quantitative estimate of drug-likeness (QED) is 0.713. The van der Waals surface area contributed by atoms with Crippen molar-refractivity contribution in [1.29, 1.82) is 0 Å². The molecule has 2 heterocycles. The summed E-state index contributed by atoms with van der Waals surface area (Å²) in [7, 11) is 0. The van der Waals surface area contributed by atoms with Crippen molar-refractivity contribution in [2.45, 2.75) is 32.4 Å². The van der Waals surface area contributed by atoms with Gasteiger partial charge >= 0.3 is 0 Å². The van der Waals surface area contributed by atoms with Crippen LogP contribution in [-0.4, -0.2) is 75.5 Å². The van der Waals surface area contributed by atoms with Gasteiger partial charge in [-0.1, -0.05) is 13.8 Å². The number of nitrogens with zero attached hydrogens (tertiary/aromatic N) is 1. The number of hydrogen-bond acceptors (Lipinski definition) is 5. The van der Waals surface area contributed by atoms with Crippen LogP contribution in [0, 0.1) is 5.92 Å². The maximum atomic E-state index is 12.2. The van der Waals surface area contributed by atoms with Gasteiger partial charge in [-0.05, 0) is 12.3 Å². The third-order valence-corrected chi connectivity index (χ3v) is 4.06. The number of rotatable bonds is 6. The van der Waals surface area contributed by atoms with Gasteiger partial charge < -0.3 is 20.1 Å². The van der Waals surface area contributed by atoms with Gasteiger partial charge in [-0.25, -0.2) is 0 Å². The number of ether oxygens (including phenoxy) is 2. The summed E-state index contributed by atoms with van der Waals surface area (Å²) in [6, 6.07) is 0.186. The minimum Gasteiger partial charge on any atom is -0.379 e. The van der Waals surface area contributed by atoms with Crippen molar-refractivity contribution in [2.24, 2.45) is 5.92 Å². The molecule has 0 aromatic heterocycles. The van der Waals surface area contributed by atoms with E-state index < -0.39 is 0 Å². The lowest BCUT2D eigenvalue weighted by atomic mass is 10.0. The van der Waals surface area contributed by atoms with E-state index in [1.54, 1.807) is 0 Å². The Morgan fingerprint density at radius 3 is 2.67 bits per heavy atom. The normalized spacial score (nSPS) is 25.8. The van der Waals surface area contributed by atoms with Crippen LogP contribution in [0.15, 0.2) is 0 Å². The Balaban J connectivity index is 1.81. The number of carbonyl (C=O) groups excluding carboxylic acids is 1. The van der Waals surface area contributed by atoms with Crippen LogP contribution in [0.1, 0.15) is 20.3 Å². The van der Waals surface area contributed by atoms with Crippen LogP contribution in [0.25, 0.3) is 0 Å². The first-order chi connectivity index (χ1) is 10.2. The summed E-state index contributed by atoms with van der Waals surface area (Å²) in [6.45, 7) is 10.6. The molecule has 2 saturated heterocycles. The molecule has 2 aliphatic rings. The molecule has 0 bridgehead atoms. The molecule has 21 heavy (non-hydrogen) atoms. The topological polar surface area (TPSA) is 62.8 Å². The van der Waals surface area contributed by atoms with Crippen LogP contribution in [0.3, 0.4) is 0 Å². The summed E-state index contributed by atoms with van der Waals surface area (Å²) in [6.07, 6.45) is 1.09. The molecule has 0 aliphatic carbocycles. The largest absolute Gasteiger partial charge is 0.379 e. The molecule has 0 aromatic rings. The summed E-state index contributed by atoms with van der Waals surface area (Å²) in [5, 5.41) is 6.28. The van der Waals surface area contributed by atoms with E-state index >= 15 is 0 Å². The standard InChI is InChI=1S/C15H29N3O3/c1-12(2)9-13(18-4-7-20-8-5-18)10-17-15(19)14-11-21-6-3-16-14/h12-14,16H,3-11H2,1-2H3,(H,17,19). The van der Waals surface area contributed by atoms with Gasteiger partial charge in [0.25, 0.3) is 0 Å². The van der Waals surface area contributed by atoms with Crippen molar-refractivity contribution >= 4 is 5.91 Å². The van der Waals surface area contributed by atoms with Crippen LogP contribution in [-0.2, 0) is 14.3 Å². The second-order valence-electron chi connectivity index (χ2n) is 6.26. The highest BCUT2D eigenvalue weighted by molar-refractivity contribution is 5.82. The van der Waals surface area contributed by atoms with Gasteiger partial charge in [-0.2, -0.15) is 0 Å². The predicted molar refractivity (Wildman–Crippen MR) is 81.3 cm³/mol. The zero-order chi connectivity index (χ0) is 15.1. The van der Waals surface area contributed by atoms with E-state index in [1.165, 1.54) is 0 Å². The van der Waals surface area contributed by atoms with Gasteiger partial charge in [-0.15, -0.1) is 0 Å². The summed E-state index contributed by atoms with van der Waals surface area (Å²) in [5.74, 6) is 0.669. The van der Waals surface area contributed by atoms with Crippen LogP contribution in [0.2, 0.25) is 0 Å². The van der Waals surface area contributed by atoms with E-state index in [0.29, 0.717) is 31.7 Å². The first-order valence-electron chi connectivity index (χ1n) is 8.07. The van der Waals surface area contributed by atoms with Crippen molar-refractivity contribution in [3.63, 3.8) is 0 Å². The molecule has 1 amide bonds. The SMILES string of the molecule is CC(C)CC(CNC(=O)C1COCCN1)N1CCOCC1. The second kappa shape index (κ2) is 8.68. The van der Waals surface area contributed by atoms with Crippen molar-refractivity contribution in [3.8, 4) is 0 Å². The predicted octanol–water partition coefficient (Wildman–Crippen LogP) is -0.162. The highest BCUT2D eigenvalue weighted by Crippen LogP contribution is 2.13. The van der Waals surface area contributed by atoms with Gasteiger partial charge in [0.1, 0.15) is 6.04 Å². The molecule has 122 valence electrons. The zero-order valence-corrected chi connectivity index (χ0v) is 13.3. The molecule has 0 radical (unpaired) electrons. The first kappa shape index (κ1) is 16.7. The Morgan fingerprint density at radius 2 is 2.05 bits per heavy atom. The molecule has 6 nitrogen and oxygen atoms in total. The Hall–Kier alpha value is -0.690. The number of carbonyl (C=O) groups is 1. The summed E-state index contributed by atoms with van der Waals surface area (Å²) < 4.78 is 10.8. The maximum Gasteiger partial charge on any atom is 0.239 e. The summed E-state index contributed by atoms with van der Waals surface area (Å²) in [5.41, 5.74) is 0. The Bertz CT molecular complexity index is 313. The summed E-state index contributed by atoms with van der Waals surface area (Å²) >= 11 is 0. The van der Waals surface area contributed by atoms with E-state index in [2.05, 4.69) is 29.4 Å². The minimum absolute atomic E-state index is 0.0525. The third kappa shape index (κ3) is 5.54. The van der Waals surface area contributed by atoms with Crippen molar-refractivity contribution in [1.82, 2.24) is 15.5 Å². The zero-order valence-electron chi connectivity index (χ0n) is 13.3. The Morgan fingerprint density at radius 1 is 1.29 bits per heavy atom. The fraction of sp³-hybridized carbons (Fsp3) is 0.933. The number of amides is 1. The van der Waals surface area contributed by atoms with Crippen LogP contribution < -0.4 is 10.6 Å². The molecule has 2 fully saturated rings. The Labute approximate surface area is 127 Å². The van der Waals surface area contributed by atoms with Crippen LogP contribution in [0.4, 0.5) is 0 Å². The van der Waals surface area contributed by atoms with E-state index in [0.717, 1.165) is 39.3 Å². The number of morpholine rings is 2. The molecule has 0 saturated carbocycles. The highest BCUT2D eigenvalue weighted by Gasteiger charge is 2.25. The van der Waals surface area contributed by atoms with Gasteiger partial charge in [0.2, 0.25) is 5.91 Å². The summed E-state index contributed by atoms with van der Waals surface area (Å²) in [4.78, 5) is 14.6. The molecule has 2 N–H and O–H groups in total. The van der Waals surface area contributed by atoms with E-state index in [-0.39, 0.29) is 11.9 Å². The van der Waals surface area contributed by atoms with Gasteiger partial charge in [0.05, 0.1) is 26.4 Å². The average Bonchev–Trinajstić information content (AvgIpc) is 2.52. The fourth-order valence-electron chi connectivity index (χ4n) is 2.92. The first-order valence-corrected chi connectivity index (χ1v) is 8.07. The molecular formula is C15H29N3O3. The molecular weight excluding hydrogens is 270 g/mol. The smallest absolute Gasteiger partial charge is 0.239 e. The van der Waals surface area contributed by atoms with Crippen LogP contribution >= 0.6 is 0 Å². The Kier molecular flexibility index (Phi) is 6.89. The average molecular weight is 299 g/mol. The second-order valence-corrected chi connectivity index (χ2v) is 6.26. The van der Waals surface area contributed by atoms with Crippen molar-refractivity contribution < 1.29 is 14.3 Å². The lowest BCUT2D eigenvalue weighted by Crippen LogP contribution is -2.54. The van der Waals surface area contributed by atoms with Crippen molar-refractivity contribution in [2.75, 3.05) is 52.6 Å². The molecule has 0 aromatic carbocycles. The van der Waals surface area contributed by atoms with Crippen molar-refractivity contribution in [3.05, 3.63) is 0 Å². The van der Waals surface area contributed by atoms with Gasteiger partial charge in [0.15, 0.2) is 0 Å². The molecule has 2 atom stereocenters. The van der Waals surface area contributed by atoms with Crippen LogP contribution in [0.5, 0.6) is 0 Å². The monoisotopic (exact) mass is 299 g/mol. The third-order valence-electron chi connectivity index (χ3n) is 4.06. The lowest BCUT2D eigenvalue weighted by Gasteiger charge is -2.36. The van der Waals surface area contributed by atoms with E-state index in [4.69, 9.17) is 9.47 Å². The van der Waals surface area contributed by atoms with Gasteiger partial charge in [0, 0.05) is 32.2 Å². The molecule has 0 spiro atoms. The fourth-order valence-corrected chi connectivity index (χ4v) is 2.92. The lowest BCUT2D eigenvalue weighted by molar-refractivity contribution is -0.126.